The van der Waals surface area contributed by atoms with Crippen LogP contribution in [0.5, 0.6) is 5.75 Å². The molecule has 174 valence electrons. The zero-order valence-corrected chi connectivity index (χ0v) is 18.8. The lowest BCUT2D eigenvalue weighted by Gasteiger charge is -2.32. The van der Waals surface area contributed by atoms with Crippen LogP contribution in [0.25, 0.3) is 0 Å². The van der Waals surface area contributed by atoms with Crippen LogP contribution in [0.15, 0.2) is 54.6 Å². The van der Waals surface area contributed by atoms with Crippen molar-refractivity contribution >= 4 is 23.4 Å². The van der Waals surface area contributed by atoms with Gasteiger partial charge in [0.1, 0.15) is 11.8 Å². The molecule has 2 aromatic rings. The van der Waals surface area contributed by atoms with Crippen molar-refractivity contribution in [2.75, 3.05) is 51.4 Å². The Labute approximate surface area is 193 Å². The first kappa shape index (κ1) is 22.9. The summed E-state index contributed by atoms with van der Waals surface area (Å²) in [6.07, 6.45) is 0.166. The van der Waals surface area contributed by atoms with Crippen LogP contribution in [-0.4, -0.2) is 80.1 Å². The summed E-state index contributed by atoms with van der Waals surface area (Å²) in [5.41, 5.74) is 1.36. The second kappa shape index (κ2) is 10.6. The van der Waals surface area contributed by atoms with Gasteiger partial charge in [-0.25, -0.2) is 4.90 Å². The number of morpholine rings is 1. The van der Waals surface area contributed by atoms with Crippen LogP contribution < -0.4 is 9.64 Å². The van der Waals surface area contributed by atoms with E-state index in [0.29, 0.717) is 37.7 Å². The molecular weight excluding hydrogens is 422 g/mol. The third-order valence-corrected chi connectivity index (χ3v) is 6.11. The first-order valence-corrected chi connectivity index (χ1v) is 11.2. The van der Waals surface area contributed by atoms with E-state index in [1.54, 1.807) is 36.3 Å². The van der Waals surface area contributed by atoms with Crippen molar-refractivity contribution in [2.24, 2.45) is 0 Å². The molecule has 2 aliphatic heterocycles. The predicted octanol–water partition coefficient (Wildman–Crippen LogP) is 1.73. The molecule has 8 nitrogen and oxygen atoms in total. The smallest absolute Gasteiger partial charge is 0.257 e. The Hall–Kier alpha value is -3.23. The predicted molar refractivity (Wildman–Crippen MR) is 123 cm³/mol. The molecule has 2 heterocycles. The van der Waals surface area contributed by atoms with Gasteiger partial charge in [0.05, 0.1) is 38.9 Å². The van der Waals surface area contributed by atoms with Crippen LogP contribution in [0.4, 0.5) is 5.69 Å². The van der Waals surface area contributed by atoms with Gasteiger partial charge >= 0.3 is 0 Å². The number of amides is 3. The van der Waals surface area contributed by atoms with Gasteiger partial charge in [-0.15, -0.1) is 0 Å². The minimum absolute atomic E-state index is 0.0193. The molecule has 1 atom stereocenters. The molecule has 2 fully saturated rings. The van der Waals surface area contributed by atoms with Crippen LogP contribution in [0.1, 0.15) is 12.0 Å². The van der Waals surface area contributed by atoms with E-state index >= 15 is 0 Å². The minimum Gasteiger partial charge on any atom is -0.497 e. The monoisotopic (exact) mass is 451 g/mol. The second-order valence-corrected chi connectivity index (χ2v) is 8.19. The maximum absolute atomic E-state index is 13.4. The number of carbonyl (C=O) groups excluding carboxylic acids is 3. The molecule has 2 aromatic carbocycles. The van der Waals surface area contributed by atoms with Crippen molar-refractivity contribution in [3.63, 3.8) is 0 Å². The normalized spacial score (nSPS) is 19.1. The zero-order chi connectivity index (χ0) is 23.2. The lowest BCUT2D eigenvalue weighted by molar-refractivity contribution is -0.138. The van der Waals surface area contributed by atoms with Gasteiger partial charge in [0.15, 0.2) is 0 Å². The Morgan fingerprint density at radius 2 is 1.76 bits per heavy atom. The SMILES string of the molecule is COc1ccc(N2C(=O)CC(N(CCN3CCOCC3)C(=O)Cc3ccccc3)C2=O)cc1. The highest BCUT2D eigenvalue weighted by molar-refractivity contribution is 6.23. The van der Waals surface area contributed by atoms with Crippen molar-refractivity contribution in [1.82, 2.24) is 9.80 Å². The molecule has 33 heavy (non-hydrogen) atoms. The molecule has 2 saturated heterocycles. The maximum atomic E-state index is 13.4. The largest absolute Gasteiger partial charge is 0.497 e. The van der Waals surface area contributed by atoms with Crippen LogP contribution in [-0.2, 0) is 25.5 Å². The van der Waals surface area contributed by atoms with E-state index < -0.39 is 6.04 Å². The van der Waals surface area contributed by atoms with Gasteiger partial charge in [-0.3, -0.25) is 19.3 Å². The number of benzene rings is 2. The van der Waals surface area contributed by atoms with Gasteiger partial charge in [0, 0.05) is 26.2 Å². The maximum Gasteiger partial charge on any atom is 0.257 e. The quantitative estimate of drug-likeness (QED) is 0.569. The summed E-state index contributed by atoms with van der Waals surface area (Å²) in [6.45, 7) is 3.90. The molecule has 0 N–H and O–H groups in total. The highest BCUT2D eigenvalue weighted by atomic mass is 16.5. The topological polar surface area (TPSA) is 79.4 Å². The number of methoxy groups -OCH3 is 1. The number of hydrogen-bond donors (Lipinski definition) is 0. The zero-order valence-electron chi connectivity index (χ0n) is 18.8. The van der Waals surface area contributed by atoms with Crippen LogP contribution in [0.2, 0.25) is 0 Å². The van der Waals surface area contributed by atoms with E-state index in [1.165, 1.54) is 4.90 Å². The molecule has 0 spiro atoms. The standard InChI is InChI=1S/C25H29N3O5/c1-32-21-9-7-20(8-10-21)28-24(30)18-22(25(28)31)27(12-11-26-13-15-33-16-14-26)23(29)17-19-5-3-2-4-6-19/h2-10,22H,11-18H2,1H3. The summed E-state index contributed by atoms with van der Waals surface area (Å²) in [5.74, 6) is -0.190. The lowest BCUT2D eigenvalue weighted by Crippen LogP contribution is -2.50. The Morgan fingerprint density at radius 1 is 1.06 bits per heavy atom. The first-order chi connectivity index (χ1) is 16.1. The summed E-state index contributed by atoms with van der Waals surface area (Å²) in [4.78, 5) is 44.5. The van der Waals surface area contributed by atoms with Crippen molar-refractivity contribution < 1.29 is 23.9 Å². The van der Waals surface area contributed by atoms with E-state index in [9.17, 15) is 14.4 Å². The van der Waals surface area contributed by atoms with Gasteiger partial charge in [-0.05, 0) is 29.8 Å². The average Bonchev–Trinajstić information content (AvgIpc) is 3.14. The van der Waals surface area contributed by atoms with E-state index in [4.69, 9.17) is 9.47 Å². The molecule has 3 amide bonds. The minimum atomic E-state index is -0.808. The van der Waals surface area contributed by atoms with Gasteiger partial charge in [-0.1, -0.05) is 30.3 Å². The van der Waals surface area contributed by atoms with Crippen LogP contribution in [0, 0.1) is 0 Å². The third kappa shape index (κ3) is 5.40. The Morgan fingerprint density at radius 3 is 2.42 bits per heavy atom. The first-order valence-electron chi connectivity index (χ1n) is 11.2. The van der Waals surface area contributed by atoms with Gasteiger partial charge in [0.2, 0.25) is 11.8 Å². The van der Waals surface area contributed by atoms with Gasteiger partial charge in [0.25, 0.3) is 5.91 Å². The molecule has 0 aliphatic carbocycles. The summed E-state index contributed by atoms with van der Waals surface area (Å²) >= 11 is 0. The molecule has 1 unspecified atom stereocenters. The van der Waals surface area contributed by atoms with E-state index in [-0.39, 0.29) is 30.6 Å². The number of rotatable bonds is 8. The van der Waals surface area contributed by atoms with Crippen molar-refractivity contribution in [3.05, 3.63) is 60.2 Å². The lowest BCUT2D eigenvalue weighted by atomic mass is 10.1. The van der Waals surface area contributed by atoms with Crippen molar-refractivity contribution in [3.8, 4) is 5.75 Å². The van der Waals surface area contributed by atoms with Crippen molar-refractivity contribution in [2.45, 2.75) is 18.9 Å². The van der Waals surface area contributed by atoms with E-state index in [0.717, 1.165) is 18.7 Å². The summed E-state index contributed by atoms with van der Waals surface area (Å²) in [6, 6.07) is 15.4. The van der Waals surface area contributed by atoms with Crippen LogP contribution >= 0.6 is 0 Å². The molecule has 0 aromatic heterocycles. The highest BCUT2D eigenvalue weighted by Gasteiger charge is 2.44. The van der Waals surface area contributed by atoms with Crippen LogP contribution in [0.3, 0.4) is 0 Å². The molecule has 0 radical (unpaired) electrons. The van der Waals surface area contributed by atoms with E-state index in [2.05, 4.69) is 4.90 Å². The number of hydrogen-bond acceptors (Lipinski definition) is 6. The fraction of sp³-hybridized carbons (Fsp3) is 0.400. The Kier molecular flexibility index (Phi) is 7.36. The van der Waals surface area contributed by atoms with Crippen molar-refractivity contribution in [1.29, 1.82) is 0 Å². The van der Waals surface area contributed by atoms with Gasteiger partial charge in [-0.2, -0.15) is 0 Å². The fourth-order valence-corrected chi connectivity index (χ4v) is 4.26. The molecule has 0 saturated carbocycles. The third-order valence-electron chi connectivity index (χ3n) is 6.11. The molecule has 0 bridgehead atoms. The summed E-state index contributed by atoms with van der Waals surface area (Å²) < 4.78 is 10.6. The number of imide groups is 1. The molecule has 8 heteroatoms. The highest BCUT2D eigenvalue weighted by Crippen LogP contribution is 2.28. The number of nitrogens with zero attached hydrogens (tertiary/aromatic N) is 3. The Bertz CT molecular complexity index is 973. The number of anilines is 1. The fourth-order valence-electron chi connectivity index (χ4n) is 4.26. The Balaban J connectivity index is 1.53. The number of ether oxygens (including phenoxy) is 2. The summed E-state index contributed by atoms with van der Waals surface area (Å²) in [5, 5.41) is 0. The second-order valence-electron chi connectivity index (χ2n) is 8.19. The molecule has 2 aliphatic rings. The molecular formula is C25H29N3O5. The van der Waals surface area contributed by atoms with E-state index in [1.807, 2.05) is 30.3 Å². The molecule has 4 rings (SSSR count). The summed E-state index contributed by atoms with van der Waals surface area (Å²) in [7, 11) is 1.56. The number of carbonyl (C=O) groups is 3. The average molecular weight is 452 g/mol. The van der Waals surface area contributed by atoms with Gasteiger partial charge < -0.3 is 14.4 Å².